The van der Waals surface area contributed by atoms with Gasteiger partial charge in [0.1, 0.15) is 12.4 Å². The fourth-order valence-electron chi connectivity index (χ4n) is 2.60. The molecule has 1 aliphatic carbocycles. The number of hydrogen-bond acceptors (Lipinski definition) is 3. The van der Waals surface area contributed by atoms with E-state index in [0.29, 0.717) is 13.2 Å². The summed E-state index contributed by atoms with van der Waals surface area (Å²) in [5, 5.41) is 13.7. The smallest absolute Gasteiger partial charge is 0.120 e. The number of aliphatic hydroxyl groups is 1. The Hall–Kier alpha value is -0.580. The van der Waals surface area contributed by atoms with E-state index in [-0.39, 0.29) is 0 Å². The molecule has 0 bridgehead atoms. The molecule has 0 heterocycles. The number of nitrogens with one attached hydrogen (secondary N) is 1. The van der Waals surface area contributed by atoms with Crippen LogP contribution in [0.3, 0.4) is 0 Å². The normalized spacial score (nSPS) is 26.4. The first-order valence-corrected chi connectivity index (χ1v) is 8.18. The van der Waals surface area contributed by atoms with Crippen molar-refractivity contribution in [2.24, 2.45) is 5.92 Å². The van der Waals surface area contributed by atoms with E-state index in [2.05, 4.69) is 28.2 Å². The molecule has 112 valence electrons. The molecule has 0 amide bonds. The highest BCUT2D eigenvalue weighted by Gasteiger charge is 2.31. The number of halogens is 1. The SMILES string of the molecule is CC1CCC(O)(CNCCOc2cccc(Br)c2)CC1. The third-order valence-corrected chi connectivity index (χ3v) is 4.50. The first kappa shape index (κ1) is 15.8. The average Bonchev–Trinajstić information content (AvgIpc) is 2.42. The average molecular weight is 342 g/mol. The number of ether oxygens (including phenoxy) is 1. The van der Waals surface area contributed by atoms with Crippen LogP contribution in [0.2, 0.25) is 0 Å². The maximum atomic E-state index is 10.4. The fraction of sp³-hybridized carbons (Fsp3) is 0.625. The van der Waals surface area contributed by atoms with Crippen LogP contribution in [-0.4, -0.2) is 30.4 Å². The molecule has 2 rings (SSSR count). The summed E-state index contributed by atoms with van der Waals surface area (Å²) in [7, 11) is 0. The van der Waals surface area contributed by atoms with E-state index in [0.717, 1.165) is 48.4 Å². The molecule has 1 saturated carbocycles. The van der Waals surface area contributed by atoms with Crippen molar-refractivity contribution in [3.63, 3.8) is 0 Å². The second-order valence-corrected chi connectivity index (χ2v) is 6.81. The van der Waals surface area contributed by atoms with E-state index in [4.69, 9.17) is 4.74 Å². The van der Waals surface area contributed by atoms with Gasteiger partial charge in [-0.1, -0.05) is 28.9 Å². The van der Waals surface area contributed by atoms with Gasteiger partial charge in [0, 0.05) is 17.6 Å². The van der Waals surface area contributed by atoms with Crippen molar-refractivity contribution >= 4 is 15.9 Å². The van der Waals surface area contributed by atoms with Gasteiger partial charge in [-0.15, -0.1) is 0 Å². The van der Waals surface area contributed by atoms with Crippen LogP contribution in [0.5, 0.6) is 5.75 Å². The Morgan fingerprint density at radius 2 is 2.15 bits per heavy atom. The Labute approximate surface area is 129 Å². The van der Waals surface area contributed by atoms with E-state index in [1.807, 2.05) is 24.3 Å². The predicted octanol–water partition coefficient (Wildman–Crippen LogP) is 3.36. The van der Waals surface area contributed by atoms with Crippen LogP contribution in [0.15, 0.2) is 28.7 Å². The summed E-state index contributed by atoms with van der Waals surface area (Å²) in [4.78, 5) is 0. The van der Waals surface area contributed by atoms with Gasteiger partial charge in [0.2, 0.25) is 0 Å². The quantitative estimate of drug-likeness (QED) is 0.779. The molecule has 1 aliphatic rings. The van der Waals surface area contributed by atoms with Crippen LogP contribution in [0.4, 0.5) is 0 Å². The molecular formula is C16H24BrNO2. The Balaban J connectivity index is 1.62. The summed E-state index contributed by atoms with van der Waals surface area (Å²) in [6, 6.07) is 7.83. The Bertz CT molecular complexity index is 417. The zero-order valence-corrected chi connectivity index (χ0v) is 13.7. The summed E-state index contributed by atoms with van der Waals surface area (Å²) in [6.07, 6.45) is 4.08. The summed E-state index contributed by atoms with van der Waals surface area (Å²) in [5.41, 5.74) is -0.512. The minimum Gasteiger partial charge on any atom is -0.492 e. The van der Waals surface area contributed by atoms with Crippen molar-refractivity contribution in [2.75, 3.05) is 19.7 Å². The lowest BCUT2D eigenvalue weighted by Gasteiger charge is -2.35. The number of benzene rings is 1. The number of rotatable bonds is 6. The van der Waals surface area contributed by atoms with Crippen LogP contribution in [0.25, 0.3) is 0 Å². The second-order valence-electron chi connectivity index (χ2n) is 5.89. The fourth-order valence-corrected chi connectivity index (χ4v) is 2.97. The Morgan fingerprint density at radius 1 is 1.40 bits per heavy atom. The lowest BCUT2D eigenvalue weighted by atomic mass is 9.79. The molecule has 0 aromatic heterocycles. The highest BCUT2D eigenvalue weighted by atomic mass is 79.9. The summed E-state index contributed by atoms with van der Waals surface area (Å²) in [6.45, 7) is 4.30. The monoisotopic (exact) mass is 341 g/mol. The van der Waals surface area contributed by atoms with Crippen molar-refractivity contribution < 1.29 is 9.84 Å². The third-order valence-electron chi connectivity index (χ3n) is 4.00. The van der Waals surface area contributed by atoms with Crippen molar-refractivity contribution in [3.05, 3.63) is 28.7 Å². The summed E-state index contributed by atoms with van der Waals surface area (Å²) >= 11 is 3.42. The molecule has 3 nitrogen and oxygen atoms in total. The van der Waals surface area contributed by atoms with Crippen LogP contribution in [-0.2, 0) is 0 Å². The first-order chi connectivity index (χ1) is 9.57. The number of hydrogen-bond donors (Lipinski definition) is 2. The van der Waals surface area contributed by atoms with Gasteiger partial charge >= 0.3 is 0 Å². The van der Waals surface area contributed by atoms with Gasteiger partial charge < -0.3 is 15.2 Å². The van der Waals surface area contributed by atoms with Crippen molar-refractivity contribution in [1.29, 1.82) is 0 Å². The van der Waals surface area contributed by atoms with Gasteiger partial charge in [0.25, 0.3) is 0 Å². The standard InChI is InChI=1S/C16H24BrNO2/c1-13-5-7-16(19,8-6-13)12-18-9-10-20-15-4-2-3-14(17)11-15/h2-4,11,13,18-19H,5-10,12H2,1H3. The van der Waals surface area contributed by atoms with Gasteiger partial charge in [-0.3, -0.25) is 0 Å². The van der Waals surface area contributed by atoms with Crippen LogP contribution < -0.4 is 10.1 Å². The molecule has 1 aromatic carbocycles. The minimum absolute atomic E-state index is 0.512. The first-order valence-electron chi connectivity index (χ1n) is 7.39. The zero-order chi connectivity index (χ0) is 14.4. The maximum Gasteiger partial charge on any atom is 0.120 e. The van der Waals surface area contributed by atoms with Crippen molar-refractivity contribution in [1.82, 2.24) is 5.32 Å². The topological polar surface area (TPSA) is 41.5 Å². The summed E-state index contributed by atoms with van der Waals surface area (Å²) in [5.74, 6) is 1.63. The molecular weight excluding hydrogens is 318 g/mol. The van der Waals surface area contributed by atoms with E-state index in [1.165, 1.54) is 0 Å². The van der Waals surface area contributed by atoms with Crippen LogP contribution >= 0.6 is 15.9 Å². The lowest BCUT2D eigenvalue weighted by Crippen LogP contribution is -2.44. The maximum absolute atomic E-state index is 10.4. The molecule has 0 saturated heterocycles. The molecule has 20 heavy (non-hydrogen) atoms. The molecule has 0 radical (unpaired) electrons. The van der Waals surface area contributed by atoms with Gasteiger partial charge in [-0.05, 0) is 49.8 Å². The van der Waals surface area contributed by atoms with Gasteiger partial charge in [0.05, 0.1) is 5.60 Å². The third kappa shape index (κ3) is 5.08. The molecule has 0 spiro atoms. The lowest BCUT2D eigenvalue weighted by molar-refractivity contribution is -0.00636. The predicted molar refractivity (Wildman–Crippen MR) is 85.1 cm³/mol. The van der Waals surface area contributed by atoms with E-state index < -0.39 is 5.60 Å². The van der Waals surface area contributed by atoms with Crippen LogP contribution in [0, 0.1) is 5.92 Å². The van der Waals surface area contributed by atoms with E-state index >= 15 is 0 Å². The van der Waals surface area contributed by atoms with Gasteiger partial charge in [-0.25, -0.2) is 0 Å². The van der Waals surface area contributed by atoms with Crippen molar-refractivity contribution in [2.45, 2.75) is 38.2 Å². The second kappa shape index (κ2) is 7.43. The molecule has 2 N–H and O–H groups in total. The van der Waals surface area contributed by atoms with Crippen molar-refractivity contribution in [3.8, 4) is 5.75 Å². The van der Waals surface area contributed by atoms with Crippen LogP contribution in [0.1, 0.15) is 32.6 Å². The molecule has 0 unspecified atom stereocenters. The van der Waals surface area contributed by atoms with E-state index in [1.54, 1.807) is 0 Å². The largest absolute Gasteiger partial charge is 0.492 e. The highest BCUT2D eigenvalue weighted by molar-refractivity contribution is 9.10. The highest BCUT2D eigenvalue weighted by Crippen LogP contribution is 2.31. The molecule has 0 aliphatic heterocycles. The van der Waals surface area contributed by atoms with Gasteiger partial charge in [-0.2, -0.15) is 0 Å². The van der Waals surface area contributed by atoms with E-state index in [9.17, 15) is 5.11 Å². The summed E-state index contributed by atoms with van der Waals surface area (Å²) < 4.78 is 6.67. The molecule has 0 atom stereocenters. The Kier molecular flexibility index (Phi) is 5.87. The Morgan fingerprint density at radius 3 is 2.85 bits per heavy atom. The molecule has 1 fully saturated rings. The minimum atomic E-state index is -0.512. The molecule has 4 heteroatoms. The van der Waals surface area contributed by atoms with Gasteiger partial charge in [0.15, 0.2) is 0 Å². The zero-order valence-electron chi connectivity index (χ0n) is 12.1. The molecule has 1 aromatic rings.